The van der Waals surface area contributed by atoms with E-state index in [-0.39, 0.29) is 0 Å². The molecule has 0 aliphatic rings. The smallest absolute Gasteiger partial charge is 0.408 e. The number of aromatic nitrogens is 1. The topological polar surface area (TPSA) is 84.0 Å². The molecular weight excluding hydrogens is 381 g/mol. The average Bonchev–Trinajstić information content (AvgIpc) is 2.79. The molecule has 0 saturated carbocycles. The summed E-state index contributed by atoms with van der Waals surface area (Å²) in [5.74, 6) is -0.536. The van der Waals surface area contributed by atoms with Gasteiger partial charge in [-0.25, -0.2) is 4.79 Å². The molecule has 2 aromatic carbocycles. The molecule has 108 valence electrons. The summed E-state index contributed by atoms with van der Waals surface area (Å²) in [7, 11) is 0. The highest BCUT2D eigenvalue weighted by molar-refractivity contribution is 9.10. The summed E-state index contributed by atoms with van der Waals surface area (Å²) < 4.78 is 5.64. The standard InChI is InChI=1S/C13H8BrCl2N3O2/c14-5-1-2-7(12(16)11(5)15)18-8-4-9-10(3-6(8)17)21-13(20)19-9/h1-4,18H,17H2,(H,19,20). The largest absolute Gasteiger partial charge is 0.417 e. The Balaban J connectivity index is 2.07. The van der Waals surface area contributed by atoms with Gasteiger partial charge in [0.25, 0.3) is 0 Å². The number of fused-ring (bicyclic) bond motifs is 1. The Labute approximate surface area is 137 Å². The molecule has 1 aromatic heterocycles. The van der Waals surface area contributed by atoms with Gasteiger partial charge in [0.2, 0.25) is 0 Å². The summed E-state index contributed by atoms with van der Waals surface area (Å²) in [6.45, 7) is 0. The SMILES string of the molecule is Nc1cc2oc(=O)[nH]c2cc1Nc1ccc(Br)c(Cl)c1Cl. The molecule has 0 aliphatic carbocycles. The summed E-state index contributed by atoms with van der Waals surface area (Å²) in [5.41, 5.74) is 8.47. The molecule has 0 atom stereocenters. The van der Waals surface area contributed by atoms with Gasteiger partial charge in [0.05, 0.1) is 32.6 Å². The molecular formula is C13H8BrCl2N3O2. The number of nitrogens with one attached hydrogen (secondary N) is 2. The third-order valence-electron chi connectivity index (χ3n) is 2.90. The van der Waals surface area contributed by atoms with E-state index in [1.165, 1.54) is 0 Å². The number of H-pyrrole nitrogens is 1. The molecule has 0 unspecified atom stereocenters. The van der Waals surface area contributed by atoms with Crippen LogP contribution in [0, 0.1) is 0 Å². The van der Waals surface area contributed by atoms with Crippen molar-refractivity contribution in [2.45, 2.75) is 0 Å². The van der Waals surface area contributed by atoms with Crippen LogP contribution in [0.1, 0.15) is 0 Å². The molecule has 8 heteroatoms. The van der Waals surface area contributed by atoms with Crippen molar-refractivity contribution in [2.75, 3.05) is 11.1 Å². The van der Waals surface area contributed by atoms with E-state index in [2.05, 4.69) is 26.2 Å². The average molecular weight is 389 g/mol. The zero-order chi connectivity index (χ0) is 15.1. The highest BCUT2D eigenvalue weighted by Gasteiger charge is 2.11. The van der Waals surface area contributed by atoms with Crippen LogP contribution in [0.25, 0.3) is 11.1 Å². The first-order valence-electron chi connectivity index (χ1n) is 5.78. The molecule has 0 saturated heterocycles. The first-order chi connectivity index (χ1) is 9.95. The quantitative estimate of drug-likeness (QED) is 0.445. The number of anilines is 3. The minimum absolute atomic E-state index is 0.367. The van der Waals surface area contributed by atoms with Crippen molar-refractivity contribution in [1.29, 1.82) is 0 Å². The molecule has 5 nitrogen and oxygen atoms in total. The first kappa shape index (κ1) is 14.3. The van der Waals surface area contributed by atoms with E-state index < -0.39 is 5.76 Å². The summed E-state index contributed by atoms with van der Waals surface area (Å²) in [6.07, 6.45) is 0. The first-order valence-corrected chi connectivity index (χ1v) is 7.33. The van der Waals surface area contributed by atoms with Crippen LogP contribution in [0.15, 0.2) is 37.9 Å². The highest BCUT2D eigenvalue weighted by Crippen LogP contribution is 2.38. The molecule has 3 rings (SSSR count). The molecule has 0 fully saturated rings. The van der Waals surface area contributed by atoms with Gasteiger partial charge in [-0.3, -0.25) is 4.98 Å². The van der Waals surface area contributed by atoms with E-state index >= 15 is 0 Å². The van der Waals surface area contributed by atoms with Gasteiger partial charge in [-0.2, -0.15) is 0 Å². The molecule has 0 bridgehead atoms. The molecule has 3 aromatic rings. The van der Waals surface area contributed by atoms with Crippen LogP contribution >= 0.6 is 39.1 Å². The van der Waals surface area contributed by atoms with E-state index in [1.54, 1.807) is 24.3 Å². The Bertz CT molecular complexity index is 904. The maximum atomic E-state index is 11.2. The van der Waals surface area contributed by atoms with Gasteiger partial charge >= 0.3 is 5.76 Å². The van der Waals surface area contributed by atoms with Crippen molar-refractivity contribution in [1.82, 2.24) is 4.98 Å². The third kappa shape index (κ3) is 2.62. The number of nitrogen functional groups attached to an aromatic ring is 1. The number of rotatable bonds is 2. The Morgan fingerprint density at radius 3 is 2.71 bits per heavy atom. The number of aromatic amines is 1. The van der Waals surface area contributed by atoms with Gasteiger partial charge in [-0.05, 0) is 34.1 Å². The molecule has 0 radical (unpaired) electrons. The number of hydrogen-bond donors (Lipinski definition) is 3. The Morgan fingerprint density at radius 2 is 1.95 bits per heavy atom. The lowest BCUT2D eigenvalue weighted by Gasteiger charge is -2.12. The second-order valence-corrected chi connectivity index (χ2v) is 5.91. The molecule has 0 aliphatic heterocycles. The second kappa shape index (κ2) is 5.29. The monoisotopic (exact) mass is 387 g/mol. The summed E-state index contributed by atoms with van der Waals surface area (Å²) in [5, 5.41) is 3.85. The van der Waals surface area contributed by atoms with Crippen LogP contribution in [0.4, 0.5) is 17.1 Å². The van der Waals surface area contributed by atoms with Crippen LogP contribution in [0.3, 0.4) is 0 Å². The normalized spacial score (nSPS) is 11.0. The number of hydrogen-bond acceptors (Lipinski definition) is 4. The molecule has 0 spiro atoms. The predicted molar refractivity (Wildman–Crippen MR) is 88.7 cm³/mol. The van der Waals surface area contributed by atoms with Crippen LogP contribution in [0.5, 0.6) is 0 Å². The Morgan fingerprint density at radius 1 is 1.19 bits per heavy atom. The van der Waals surface area contributed by atoms with Crippen LogP contribution < -0.4 is 16.8 Å². The van der Waals surface area contributed by atoms with E-state index in [1.807, 2.05) is 0 Å². The van der Waals surface area contributed by atoms with Gasteiger partial charge in [-0.15, -0.1) is 0 Å². The van der Waals surface area contributed by atoms with Gasteiger partial charge in [0, 0.05) is 10.5 Å². The lowest BCUT2D eigenvalue weighted by Crippen LogP contribution is -1.97. The lowest BCUT2D eigenvalue weighted by atomic mass is 10.2. The van der Waals surface area contributed by atoms with E-state index in [9.17, 15) is 4.79 Å². The van der Waals surface area contributed by atoms with Crippen LogP contribution in [0.2, 0.25) is 10.0 Å². The van der Waals surface area contributed by atoms with Gasteiger partial charge in [0.15, 0.2) is 5.58 Å². The van der Waals surface area contributed by atoms with Crippen molar-refractivity contribution >= 4 is 67.3 Å². The number of benzene rings is 2. The van der Waals surface area contributed by atoms with Gasteiger partial charge < -0.3 is 15.5 Å². The van der Waals surface area contributed by atoms with Crippen LogP contribution in [-0.4, -0.2) is 4.98 Å². The van der Waals surface area contributed by atoms with Crippen LogP contribution in [-0.2, 0) is 0 Å². The maximum absolute atomic E-state index is 11.2. The molecule has 21 heavy (non-hydrogen) atoms. The van der Waals surface area contributed by atoms with Crippen molar-refractivity contribution in [3.8, 4) is 0 Å². The van der Waals surface area contributed by atoms with E-state index in [0.29, 0.717) is 42.7 Å². The number of oxazole rings is 1. The summed E-state index contributed by atoms with van der Waals surface area (Å²) >= 11 is 15.6. The fraction of sp³-hybridized carbons (Fsp3) is 0. The van der Waals surface area contributed by atoms with E-state index in [4.69, 9.17) is 33.4 Å². The van der Waals surface area contributed by atoms with Crippen molar-refractivity contribution < 1.29 is 4.42 Å². The van der Waals surface area contributed by atoms with Gasteiger partial charge in [-0.1, -0.05) is 23.2 Å². The Hall–Kier alpha value is -1.63. The number of halogens is 3. The second-order valence-electron chi connectivity index (χ2n) is 4.30. The summed E-state index contributed by atoms with van der Waals surface area (Å²) in [4.78, 5) is 13.7. The predicted octanol–water partition coefficient (Wildman–Crippen LogP) is 4.52. The van der Waals surface area contributed by atoms with E-state index in [0.717, 1.165) is 0 Å². The minimum atomic E-state index is -0.536. The maximum Gasteiger partial charge on any atom is 0.417 e. The van der Waals surface area contributed by atoms with Gasteiger partial charge in [0.1, 0.15) is 0 Å². The molecule has 1 heterocycles. The highest BCUT2D eigenvalue weighted by atomic mass is 79.9. The number of nitrogens with two attached hydrogens (primary N) is 1. The van der Waals surface area contributed by atoms with Crippen molar-refractivity contribution in [3.05, 3.63) is 49.3 Å². The van der Waals surface area contributed by atoms with Crippen molar-refractivity contribution in [3.63, 3.8) is 0 Å². The fourth-order valence-corrected chi connectivity index (χ4v) is 2.71. The summed E-state index contributed by atoms with van der Waals surface area (Å²) in [6, 6.07) is 6.76. The minimum Gasteiger partial charge on any atom is -0.408 e. The fourth-order valence-electron chi connectivity index (χ4n) is 1.89. The Kier molecular flexibility index (Phi) is 3.61. The zero-order valence-corrected chi connectivity index (χ0v) is 13.4. The zero-order valence-electron chi connectivity index (χ0n) is 10.3. The lowest BCUT2D eigenvalue weighted by molar-refractivity contribution is 0.555. The van der Waals surface area contributed by atoms with Crippen molar-refractivity contribution in [2.24, 2.45) is 0 Å². The molecule has 4 N–H and O–H groups in total. The third-order valence-corrected chi connectivity index (χ3v) is 4.67. The molecule has 0 amide bonds.